The van der Waals surface area contributed by atoms with Gasteiger partial charge in [0.2, 0.25) is 0 Å². The summed E-state index contributed by atoms with van der Waals surface area (Å²) in [5, 5.41) is 0. The predicted molar refractivity (Wildman–Crippen MR) is 64.5 cm³/mol. The molecule has 0 saturated heterocycles. The van der Waals surface area contributed by atoms with Crippen LogP contribution in [-0.2, 0) is 0 Å². The van der Waals surface area contributed by atoms with Crippen LogP contribution in [0.5, 0.6) is 0 Å². The van der Waals surface area contributed by atoms with E-state index < -0.39 is 11.6 Å². The van der Waals surface area contributed by atoms with Gasteiger partial charge in [-0.25, -0.2) is 8.78 Å². The van der Waals surface area contributed by atoms with E-state index in [2.05, 4.69) is 22.6 Å². The van der Waals surface area contributed by atoms with Crippen molar-refractivity contribution in [2.45, 2.75) is 0 Å². The number of hydrogen-bond acceptors (Lipinski definition) is 0. The van der Waals surface area contributed by atoms with Crippen molar-refractivity contribution in [3.63, 3.8) is 0 Å². The molecule has 0 aliphatic carbocycles. The normalized spacial score (nSPS) is 10.3. The molecule has 0 unspecified atom stereocenters. The van der Waals surface area contributed by atoms with Crippen LogP contribution < -0.4 is 0 Å². The van der Waals surface area contributed by atoms with Gasteiger partial charge in [0.1, 0.15) is 0 Å². The molecule has 15 heavy (non-hydrogen) atoms. The van der Waals surface area contributed by atoms with Crippen LogP contribution in [0.15, 0.2) is 42.5 Å². The molecule has 0 atom stereocenters. The Morgan fingerprint density at radius 3 is 2.27 bits per heavy atom. The average molecular weight is 316 g/mol. The fourth-order valence-electron chi connectivity index (χ4n) is 1.36. The highest BCUT2D eigenvalue weighted by Crippen LogP contribution is 2.25. The van der Waals surface area contributed by atoms with Crippen molar-refractivity contribution in [1.82, 2.24) is 0 Å². The first-order valence-electron chi connectivity index (χ1n) is 4.38. The van der Waals surface area contributed by atoms with Gasteiger partial charge in [-0.2, -0.15) is 0 Å². The Hall–Kier alpha value is -0.970. The summed E-state index contributed by atoms with van der Waals surface area (Å²) in [5.74, 6) is -1.63. The zero-order chi connectivity index (χ0) is 10.8. The quantitative estimate of drug-likeness (QED) is 0.691. The fourth-order valence-corrected chi connectivity index (χ4v) is 2.06. The predicted octanol–water partition coefficient (Wildman–Crippen LogP) is 4.24. The summed E-state index contributed by atoms with van der Waals surface area (Å²) in [4.78, 5) is 0. The molecule has 0 heterocycles. The second-order valence-corrected chi connectivity index (χ2v) is 4.27. The standard InChI is InChI=1S/C12H7F2I/c13-10-6-5-8(7-11(10)14)9-3-1-2-4-12(9)15/h1-7H. The Morgan fingerprint density at radius 1 is 0.867 bits per heavy atom. The van der Waals surface area contributed by atoms with Crippen LogP contribution >= 0.6 is 22.6 Å². The van der Waals surface area contributed by atoms with Crippen LogP contribution in [0.2, 0.25) is 0 Å². The lowest BCUT2D eigenvalue weighted by Gasteiger charge is -2.04. The summed E-state index contributed by atoms with van der Waals surface area (Å²) < 4.78 is 26.8. The number of hydrogen-bond donors (Lipinski definition) is 0. The maximum atomic E-state index is 13.0. The molecule has 0 aliphatic heterocycles. The van der Waals surface area contributed by atoms with E-state index in [0.717, 1.165) is 15.2 Å². The summed E-state index contributed by atoms with van der Waals surface area (Å²) in [5.41, 5.74) is 1.61. The molecule has 0 N–H and O–H groups in total. The smallest absolute Gasteiger partial charge is 0.159 e. The van der Waals surface area contributed by atoms with E-state index in [1.165, 1.54) is 6.07 Å². The van der Waals surface area contributed by atoms with Crippen molar-refractivity contribution < 1.29 is 8.78 Å². The van der Waals surface area contributed by atoms with Crippen molar-refractivity contribution in [1.29, 1.82) is 0 Å². The number of rotatable bonds is 1. The Balaban J connectivity index is 2.55. The molecule has 2 aromatic rings. The van der Waals surface area contributed by atoms with Crippen LogP contribution in [0.3, 0.4) is 0 Å². The molecule has 0 aliphatic rings. The topological polar surface area (TPSA) is 0 Å². The molecule has 0 radical (unpaired) electrons. The van der Waals surface area contributed by atoms with E-state index in [9.17, 15) is 8.78 Å². The van der Waals surface area contributed by atoms with Crippen LogP contribution in [0.25, 0.3) is 11.1 Å². The van der Waals surface area contributed by atoms with E-state index in [1.54, 1.807) is 6.07 Å². The van der Waals surface area contributed by atoms with Crippen molar-refractivity contribution in [3.05, 3.63) is 57.7 Å². The van der Waals surface area contributed by atoms with Gasteiger partial charge in [0.15, 0.2) is 11.6 Å². The Bertz CT molecular complexity index is 495. The summed E-state index contributed by atoms with van der Waals surface area (Å²) in [7, 11) is 0. The summed E-state index contributed by atoms with van der Waals surface area (Å²) in [6.45, 7) is 0. The van der Waals surface area contributed by atoms with Gasteiger partial charge in [-0.1, -0.05) is 24.3 Å². The van der Waals surface area contributed by atoms with E-state index in [-0.39, 0.29) is 0 Å². The largest absolute Gasteiger partial charge is 0.204 e. The third kappa shape index (κ3) is 2.17. The van der Waals surface area contributed by atoms with Gasteiger partial charge in [-0.05, 0) is 51.9 Å². The molecule has 76 valence electrons. The Labute approximate surface area is 100 Å². The molecule has 0 bridgehead atoms. The highest BCUT2D eigenvalue weighted by atomic mass is 127. The lowest BCUT2D eigenvalue weighted by Crippen LogP contribution is -1.87. The molecule has 3 heteroatoms. The molecule has 0 saturated carbocycles. The molecule has 0 aromatic heterocycles. The van der Waals surface area contributed by atoms with Gasteiger partial charge >= 0.3 is 0 Å². The van der Waals surface area contributed by atoms with Gasteiger partial charge < -0.3 is 0 Å². The van der Waals surface area contributed by atoms with Gasteiger partial charge in [0.25, 0.3) is 0 Å². The Kier molecular flexibility index (Phi) is 3.00. The first-order chi connectivity index (χ1) is 7.18. The van der Waals surface area contributed by atoms with Gasteiger partial charge in [0, 0.05) is 3.57 Å². The van der Waals surface area contributed by atoms with Gasteiger partial charge in [-0.3, -0.25) is 0 Å². The second-order valence-electron chi connectivity index (χ2n) is 3.11. The average Bonchev–Trinajstić information content (AvgIpc) is 2.23. The lowest BCUT2D eigenvalue weighted by atomic mass is 10.1. The minimum absolute atomic E-state index is 0.693. The van der Waals surface area contributed by atoms with Crippen molar-refractivity contribution >= 4 is 22.6 Å². The molecule has 2 rings (SSSR count). The first-order valence-corrected chi connectivity index (χ1v) is 5.46. The summed E-state index contributed by atoms with van der Waals surface area (Å²) in [6.07, 6.45) is 0. The monoisotopic (exact) mass is 316 g/mol. The first kappa shape index (κ1) is 10.5. The molecule has 0 amide bonds. The van der Waals surface area contributed by atoms with Crippen molar-refractivity contribution in [2.24, 2.45) is 0 Å². The van der Waals surface area contributed by atoms with Crippen molar-refractivity contribution in [3.8, 4) is 11.1 Å². The van der Waals surface area contributed by atoms with E-state index in [1.807, 2.05) is 24.3 Å². The molecular formula is C12H7F2I. The molecule has 2 aromatic carbocycles. The lowest BCUT2D eigenvalue weighted by molar-refractivity contribution is 0.509. The third-order valence-corrected chi connectivity index (χ3v) is 3.05. The molecule has 0 nitrogen and oxygen atoms in total. The summed E-state index contributed by atoms with van der Waals surface area (Å²) >= 11 is 2.17. The van der Waals surface area contributed by atoms with E-state index in [4.69, 9.17) is 0 Å². The minimum Gasteiger partial charge on any atom is -0.204 e. The van der Waals surface area contributed by atoms with Gasteiger partial charge in [0.05, 0.1) is 0 Å². The summed E-state index contributed by atoms with van der Waals surface area (Å²) in [6, 6.07) is 11.5. The number of halogens is 3. The van der Waals surface area contributed by atoms with Crippen LogP contribution in [0, 0.1) is 15.2 Å². The highest BCUT2D eigenvalue weighted by molar-refractivity contribution is 14.1. The van der Waals surface area contributed by atoms with Crippen LogP contribution in [0.4, 0.5) is 8.78 Å². The second kappa shape index (κ2) is 4.26. The fraction of sp³-hybridized carbons (Fsp3) is 0. The van der Waals surface area contributed by atoms with Crippen LogP contribution in [-0.4, -0.2) is 0 Å². The number of benzene rings is 2. The van der Waals surface area contributed by atoms with E-state index in [0.29, 0.717) is 5.56 Å². The molecular weight excluding hydrogens is 309 g/mol. The third-order valence-electron chi connectivity index (χ3n) is 2.10. The molecule has 0 spiro atoms. The minimum atomic E-state index is -0.815. The van der Waals surface area contributed by atoms with Crippen molar-refractivity contribution in [2.75, 3.05) is 0 Å². The maximum Gasteiger partial charge on any atom is 0.159 e. The Morgan fingerprint density at radius 2 is 1.60 bits per heavy atom. The van der Waals surface area contributed by atoms with Crippen LogP contribution in [0.1, 0.15) is 0 Å². The molecule has 0 fully saturated rings. The zero-order valence-corrected chi connectivity index (χ0v) is 9.83. The van der Waals surface area contributed by atoms with Gasteiger partial charge in [-0.15, -0.1) is 0 Å². The highest BCUT2D eigenvalue weighted by Gasteiger charge is 2.06. The maximum absolute atomic E-state index is 13.0. The van der Waals surface area contributed by atoms with E-state index >= 15 is 0 Å². The SMILES string of the molecule is Fc1ccc(-c2ccccc2I)cc1F. The zero-order valence-electron chi connectivity index (χ0n) is 7.68.